The van der Waals surface area contributed by atoms with Crippen molar-refractivity contribution in [1.82, 2.24) is 14.9 Å². The summed E-state index contributed by atoms with van der Waals surface area (Å²) in [5, 5.41) is 9.26. The van der Waals surface area contributed by atoms with Crippen LogP contribution in [0.2, 0.25) is 0 Å². The highest BCUT2D eigenvalue weighted by Crippen LogP contribution is 2.17. The topological polar surface area (TPSA) is 49.2 Å². The van der Waals surface area contributed by atoms with Gasteiger partial charge in [0.25, 0.3) is 0 Å². The Hall–Kier alpha value is -1.00. The van der Waals surface area contributed by atoms with Crippen molar-refractivity contribution in [3.63, 3.8) is 0 Å². The monoisotopic (exact) mass is 207 g/mol. The predicted octanol–water partition coefficient (Wildman–Crippen LogP) is 0.823. The van der Waals surface area contributed by atoms with Crippen LogP contribution in [0.1, 0.15) is 25.1 Å². The molecule has 1 aliphatic heterocycles. The van der Waals surface area contributed by atoms with Gasteiger partial charge in [0.1, 0.15) is 5.82 Å². The summed E-state index contributed by atoms with van der Waals surface area (Å²) in [4.78, 5) is 10.7. The number of aliphatic hydroxyl groups is 1. The number of nitrogens with zero attached hydrogens (tertiary/aromatic N) is 3. The molecule has 1 N–H and O–H groups in total. The van der Waals surface area contributed by atoms with E-state index in [0.29, 0.717) is 6.04 Å². The molecule has 0 spiro atoms. The van der Waals surface area contributed by atoms with E-state index in [-0.39, 0.29) is 6.61 Å². The van der Waals surface area contributed by atoms with Crippen molar-refractivity contribution >= 4 is 0 Å². The number of likely N-dealkylation sites (tertiary alicyclic amines) is 1. The Bertz CT molecular complexity index is 291. The molecule has 4 heteroatoms. The Balaban J connectivity index is 1.97. The summed E-state index contributed by atoms with van der Waals surface area (Å²) in [7, 11) is 0. The van der Waals surface area contributed by atoms with Crippen LogP contribution in [-0.2, 0) is 6.54 Å². The minimum Gasteiger partial charge on any atom is -0.395 e. The van der Waals surface area contributed by atoms with Crippen LogP contribution < -0.4 is 0 Å². The van der Waals surface area contributed by atoms with E-state index in [1.165, 1.54) is 12.8 Å². The maximum absolute atomic E-state index is 9.26. The van der Waals surface area contributed by atoms with Crippen molar-refractivity contribution in [1.29, 1.82) is 0 Å². The van der Waals surface area contributed by atoms with Gasteiger partial charge < -0.3 is 5.11 Å². The van der Waals surface area contributed by atoms with Gasteiger partial charge in [0.05, 0.1) is 13.2 Å². The Labute approximate surface area is 90.0 Å². The number of hydrogen-bond donors (Lipinski definition) is 1. The molecule has 1 saturated heterocycles. The second-order valence-corrected chi connectivity index (χ2v) is 3.97. The fourth-order valence-corrected chi connectivity index (χ4v) is 2.07. The van der Waals surface area contributed by atoms with Crippen molar-refractivity contribution in [2.75, 3.05) is 13.2 Å². The van der Waals surface area contributed by atoms with E-state index >= 15 is 0 Å². The van der Waals surface area contributed by atoms with Crippen LogP contribution in [0.3, 0.4) is 0 Å². The van der Waals surface area contributed by atoms with E-state index < -0.39 is 0 Å². The molecule has 1 unspecified atom stereocenters. The molecule has 1 aromatic heterocycles. The lowest BCUT2D eigenvalue weighted by Crippen LogP contribution is -2.41. The van der Waals surface area contributed by atoms with Crippen molar-refractivity contribution in [3.8, 4) is 0 Å². The van der Waals surface area contributed by atoms with E-state index in [1.54, 1.807) is 12.4 Å². The first-order valence-corrected chi connectivity index (χ1v) is 5.51. The maximum Gasteiger partial charge on any atom is 0.142 e. The molecule has 0 amide bonds. The molecule has 1 aliphatic rings. The smallest absolute Gasteiger partial charge is 0.142 e. The molecule has 82 valence electrons. The summed E-state index contributed by atoms with van der Waals surface area (Å²) in [6, 6.07) is 2.12. The molecule has 1 atom stereocenters. The molecule has 0 radical (unpaired) electrons. The highest BCUT2D eigenvalue weighted by Gasteiger charge is 2.21. The summed E-state index contributed by atoms with van der Waals surface area (Å²) in [5.41, 5.74) is 0. The van der Waals surface area contributed by atoms with Crippen molar-refractivity contribution in [3.05, 3.63) is 24.3 Å². The number of aliphatic hydroxyl groups excluding tert-OH is 1. The number of aromatic nitrogens is 2. The molecular formula is C11H17N3O. The van der Waals surface area contributed by atoms with Gasteiger partial charge in [-0.3, -0.25) is 4.90 Å². The fraction of sp³-hybridized carbons (Fsp3) is 0.636. The SMILES string of the molecule is OCC1CCCCN1Cc1ncccn1. The third kappa shape index (κ3) is 2.73. The summed E-state index contributed by atoms with van der Waals surface area (Å²) in [6.45, 7) is 2.04. The average Bonchev–Trinajstić information content (AvgIpc) is 2.31. The molecule has 1 aromatic rings. The Morgan fingerprint density at radius 2 is 2.13 bits per heavy atom. The summed E-state index contributed by atoms with van der Waals surface area (Å²) < 4.78 is 0. The fourth-order valence-electron chi connectivity index (χ4n) is 2.07. The van der Waals surface area contributed by atoms with Gasteiger partial charge in [-0.05, 0) is 25.5 Å². The summed E-state index contributed by atoms with van der Waals surface area (Å²) in [5.74, 6) is 0.845. The minimum atomic E-state index is 0.243. The van der Waals surface area contributed by atoms with E-state index in [1.807, 2.05) is 6.07 Å². The third-order valence-corrected chi connectivity index (χ3v) is 2.92. The van der Waals surface area contributed by atoms with Crippen LogP contribution >= 0.6 is 0 Å². The zero-order chi connectivity index (χ0) is 10.5. The molecule has 0 bridgehead atoms. The van der Waals surface area contributed by atoms with Gasteiger partial charge in [-0.2, -0.15) is 0 Å². The third-order valence-electron chi connectivity index (χ3n) is 2.92. The Morgan fingerprint density at radius 3 is 2.87 bits per heavy atom. The first-order chi connectivity index (χ1) is 7.40. The Kier molecular flexibility index (Phi) is 3.64. The number of piperidine rings is 1. The van der Waals surface area contributed by atoms with E-state index in [0.717, 1.165) is 25.3 Å². The molecule has 1 fully saturated rings. The summed E-state index contributed by atoms with van der Waals surface area (Å²) >= 11 is 0. The largest absolute Gasteiger partial charge is 0.395 e. The first-order valence-electron chi connectivity index (χ1n) is 5.51. The van der Waals surface area contributed by atoms with E-state index in [2.05, 4.69) is 14.9 Å². The molecule has 2 rings (SSSR count). The highest BCUT2D eigenvalue weighted by molar-refractivity contribution is 4.90. The average molecular weight is 207 g/mol. The van der Waals surface area contributed by atoms with Crippen LogP contribution in [-0.4, -0.2) is 39.2 Å². The quantitative estimate of drug-likeness (QED) is 0.797. The zero-order valence-corrected chi connectivity index (χ0v) is 8.84. The minimum absolute atomic E-state index is 0.243. The molecule has 15 heavy (non-hydrogen) atoms. The molecular weight excluding hydrogens is 190 g/mol. The maximum atomic E-state index is 9.26. The molecule has 4 nitrogen and oxygen atoms in total. The van der Waals surface area contributed by atoms with Gasteiger partial charge in [0.2, 0.25) is 0 Å². The van der Waals surface area contributed by atoms with Gasteiger partial charge in [0.15, 0.2) is 0 Å². The van der Waals surface area contributed by atoms with E-state index in [9.17, 15) is 5.11 Å². The standard InChI is InChI=1S/C11H17N3O/c15-9-10-4-1-2-7-14(10)8-11-12-5-3-6-13-11/h3,5-6,10,15H,1-2,4,7-9H2. The van der Waals surface area contributed by atoms with Crippen molar-refractivity contribution < 1.29 is 5.11 Å². The van der Waals surface area contributed by atoms with Crippen molar-refractivity contribution in [2.24, 2.45) is 0 Å². The van der Waals surface area contributed by atoms with Crippen LogP contribution in [0.4, 0.5) is 0 Å². The van der Waals surface area contributed by atoms with Crippen LogP contribution in [0.25, 0.3) is 0 Å². The highest BCUT2D eigenvalue weighted by atomic mass is 16.3. The van der Waals surface area contributed by atoms with Crippen LogP contribution in [0, 0.1) is 0 Å². The first kappa shape index (κ1) is 10.5. The Morgan fingerprint density at radius 1 is 1.33 bits per heavy atom. The normalized spacial score (nSPS) is 22.9. The van der Waals surface area contributed by atoms with Crippen molar-refractivity contribution in [2.45, 2.75) is 31.8 Å². The second kappa shape index (κ2) is 5.19. The van der Waals surface area contributed by atoms with Crippen LogP contribution in [0.5, 0.6) is 0 Å². The second-order valence-electron chi connectivity index (χ2n) is 3.97. The molecule has 2 heterocycles. The molecule has 0 saturated carbocycles. The lowest BCUT2D eigenvalue weighted by atomic mass is 10.0. The lowest BCUT2D eigenvalue weighted by molar-refractivity contribution is 0.0819. The zero-order valence-electron chi connectivity index (χ0n) is 8.84. The number of hydrogen-bond acceptors (Lipinski definition) is 4. The van der Waals surface area contributed by atoms with Gasteiger partial charge in [-0.1, -0.05) is 6.42 Å². The molecule has 0 aromatic carbocycles. The number of rotatable bonds is 3. The lowest BCUT2D eigenvalue weighted by Gasteiger charge is -2.33. The van der Waals surface area contributed by atoms with Crippen LogP contribution in [0.15, 0.2) is 18.5 Å². The van der Waals surface area contributed by atoms with Gasteiger partial charge in [-0.15, -0.1) is 0 Å². The van der Waals surface area contributed by atoms with E-state index in [4.69, 9.17) is 0 Å². The summed E-state index contributed by atoms with van der Waals surface area (Å²) in [6.07, 6.45) is 7.05. The van der Waals surface area contributed by atoms with Gasteiger partial charge >= 0.3 is 0 Å². The van der Waals surface area contributed by atoms with Gasteiger partial charge in [0, 0.05) is 18.4 Å². The predicted molar refractivity (Wildman–Crippen MR) is 57.2 cm³/mol. The molecule has 0 aliphatic carbocycles. The van der Waals surface area contributed by atoms with Gasteiger partial charge in [-0.25, -0.2) is 9.97 Å².